The Hall–Kier alpha value is -1.05. The molecule has 0 saturated carbocycles. The van der Waals surface area contributed by atoms with Crippen LogP contribution in [-0.2, 0) is 0 Å². The number of hydrogen-bond donors (Lipinski definition) is 0. The third-order valence-electron chi connectivity index (χ3n) is 1.77. The molecule has 0 aromatic carbocycles. The molecule has 0 aliphatic heterocycles. The molecule has 2 heteroatoms. The molecule has 0 aliphatic carbocycles. The fraction of sp³-hybridized carbons (Fsp3) is 0.545. The molecular formula is C11H20N2. The standard InChI is InChI=1S/C11H20N2/c1-5-9-12-11(7-3)13(8-4)10-6-2/h5,7,9H,1,6,8,10H2,2-4H3/b11-7+,12-9-. The molecule has 13 heavy (non-hydrogen) atoms. The van der Waals surface area contributed by atoms with Crippen LogP contribution in [-0.4, -0.2) is 24.2 Å². The van der Waals surface area contributed by atoms with Crippen molar-refractivity contribution in [2.24, 2.45) is 4.99 Å². The second-order valence-electron chi connectivity index (χ2n) is 2.74. The summed E-state index contributed by atoms with van der Waals surface area (Å²) in [5.74, 6) is 1.03. The number of nitrogens with zero attached hydrogens (tertiary/aromatic N) is 2. The summed E-state index contributed by atoms with van der Waals surface area (Å²) in [6.07, 6.45) is 6.60. The summed E-state index contributed by atoms with van der Waals surface area (Å²) in [5, 5.41) is 0. The SMILES string of the molecule is C=C/C=N\C(=C/C)N(CC)CCC. The predicted octanol–water partition coefficient (Wildman–Crippen LogP) is 2.84. The zero-order valence-corrected chi connectivity index (χ0v) is 8.95. The Morgan fingerprint density at radius 3 is 2.54 bits per heavy atom. The maximum atomic E-state index is 4.29. The van der Waals surface area contributed by atoms with Gasteiger partial charge in [0, 0.05) is 19.3 Å². The summed E-state index contributed by atoms with van der Waals surface area (Å²) in [6.45, 7) is 12.0. The topological polar surface area (TPSA) is 15.6 Å². The minimum atomic E-state index is 1.00. The van der Waals surface area contributed by atoms with Gasteiger partial charge in [0.05, 0.1) is 0 Å². The van der Waals surface area contributed by atoms with Gasteiger partial charge in [0.15, 0.2) is 0 Å². The van der Waals surface area contributed by atoms with E-state index >= 15 is 0 Å². The van der Waals surface area contributed by atoms with Gasteiger partial charge in [-0.25, -0.2) is 4.99 Å². The minimum absolute atomic E-state index is 1.00. The number of hydrogen-bond acceptors (Lipinski definition) is 2. The first kappa shape index (κ1) is 11.9. The van der Waals surface area contributed by atoms with E-state index in [4.69, 9.17) is 0 Å². The molecule has 0 aliphatic rings. The summed E-state index contributed by atoms with van der Waals surface area (Å²) in [4.78, 5) is 6.54. The summed E-state index contributed by atoms with van der Waals surface area (Å²) in [5.41, 5.74) is 0. The van der Waals surface area contributed by atoms with Gasteiger partial charge in [-0.15, -0.1) is 0 Å². The Morgan fingerprint density at radius 1 is 1.46 bits per heavy atom. The highest BCUT2D eigenvalue weighted by molar-refractivity contribution is 5.71. The molecule has 0 N–H and O–H groups in total. The van der Waals surface area contributed by atoms with E-state index in [2.05, 4.69) is 30.3 Å². The zero-order valence-electron chi connectivity index (χ0n) is 8.95. The summed E-state index contributed by atoms with van der Waals surface area (Å²) in [7, 11) is 0. The summed E-state index contributed by atoms with van der Waals surface area (Å²) < 4.78 is 0. The lowest BCUT2D eigenvalue weighted by atomic mass is 10.4. The van der Waals surface area contributed by atoms with Gasteiger partial charge in [-0.2, -0.15) is 0 Å². The largest absolute Gasteiger partial charge is 0.357 e. The first-order chi connectivity index (χ1) is 6.29. The van der Waals surface area contributed by atoms with Crippen LogP contribution in [0.5, 0.6) is 0 Å². The summed E-state index contributed by atoms with van der Waals surface area (Å²) >= 11 is 0. The first-order valence-electron chi connectivity index (χ1n) is 4.86. The van der Waals surface area contributed by atoms with Gasteiger partial charge in [0.25, 0.3) is 0 Å². The maximum Gasteiger partial charge on any atom is 0.124 e. The second-order valence-corrected chi connectivity index (χ2v) is 2.74. The molecule has 0 fully saturated rings. The molecule has 0 radical (unpaired) electrons. The van der Waals surface area contributed by atoms with E-state index in [1.165, 1.54) is 0 Å². The third kappa shape index (κ3) is 4.51. The fourth-order valence-electron chi connectivity index (χ4n) is 1.17. The van der Waals surface area contributed by atoms with Crippen LogP contribution in [0.1, 0.15) is 27.2 Å². The molecule has 0 spiro atoms. The van der Waals surface area contributed by atoms with Crippen LogP contribution < -0.4 is 0 Å². The van der Waals surface area contributed by atoms with Crippen LogP contribution in [0.4, 0.5) is 0 Å². The highest BCUT2D eigenvalue weighted by Crippen LogP contribution is 2.05. The molecular weight excluding hydrogens is 160 g/mol. The Labute approximate surface area is 81.7 Å². The van der Waals surface area contributed by atoms with Crippen LogP contribution in [0.15, 0.2) is 29.5 Å². The van der Waals surface area contributed by atoms with Crippen molar-refractivity contribution in [3.05, 3.63) is 24.6 Å². The van der Waals surface area contributed by atoms with Gasteiger partial charge in [0.2, 0.25) is 0 Å². The lowest BCUT2D eigenvalue weighted by Gasteiger charge is -2.21. The van der Waals surface area contributed by atoms with Crippen molar-refractivity contribution in [1.29, 1.82) is 0 Å². The van der Waals surface area contributed by atoms with Gasteiger partial charge in [-0.1, -0.05) is 19.6 Å². The molecule has 0 saturated heterocycles. The molecule has 2 nitrogen and oxygen atoms in total. The van der Waals surface area contributed by atoms with Crippen LogP contribution in [0, 0.1) is 0 Å². The molecule has 0 unspecified atom stereocenters. The van der Waals surface area contributed by atoms with E-state index in [1.54, 1.807) is 12.3 Å². The zero-order chi connectivity index (χ0) is 10.1. The Kier molecular flexibility index (Phi) is 6.98. The van der Waals surface area contributed by atoms with E-state index < -0.39 is 0 Å². The fourth-order valence-corrected chi connectivity index (χ4v) is 1.17. The molecule has 0 aromatic heterocycles. The van der Waals surface area contributed by atoms with Gasteiger partial charge in [0.1, 0.15) is 5.82 Å². The average molecular weight is 180 g/mol. The average Bonchev–Trinajstić information content (AvgIpc) is 2.17. The highest BCUT2D eigenvalue weighted by atomic mass is 15.2. The van der Waals surface area contributed by atoms with Crippen LogP contribution in [0.3, 0.4) is 0 Å². The van der Waals surface area contributed by atoms with Crippen molar-refractivity contribution in [2.45, 2.75) is 27.2 Å². The van der Waals surface area contributed by atoms with E-state index in [0.29, 0.717) is 0 Å². The monoisotopic (exact) mass is 180 g/mol. The quantitative estimate of drug-likeness (QED) is 0.574. The number of aliphatic imine (C=N–C) groups is 1. The highest BCUT2D eigenvalue weighted by Gasteiger charge is 2.01. The second kappa shape index (κ2) is 7.59. The van der Waals surface area contributed by atoms with Crippen molar-refractivity contribution in [2.75, 3.05) is 13.1 Å². The van der Waals surface area contributed by atoms with E-state index in [9.17, 15) is 0 Å². The Morgan fingerprint density at radius 2 is 2.15 bits per heavy atom. The normalized spacial score (nSPS) is 12.1. The van der Waals surface area contributed by atoms with Crippen molar-refractivity contribution in [1.82, 2.24) is 4.90 Å². The number of rotatable bonds is 6. The number of allylic oxidation sites excluding steroid dienone is 2. The summed E-state index contributed by atoms with van der Waals surface area (Å²) in [6, 6.07) is 0. The predicted molar refractivity (Wildman–Crippen MR) is 60.0 cm³/mol. The lowest BCUT2D eigenvalue weighted by molar-refractivity contribution is 0.359. The van der Waals surface area contributed by atoms with Crippen molar-refractivity contribution >= 4 is 6.21 Å². The van der Waals surface area contributed by atoms with Gasteiger partial charge in [-0.3, -0.25) is 0 Å². The van der Waals surface area contributed by atoms with Gasteiger partial charge >= 0.3 is 0 Å². The molecule has 0 bridgehead atoms. The van der Waals surface area contributed by atoms with Gasteiger partial charge in [-0.05, 0) is 26.3 Å². The smallest absolute Gasteiger partial charge is 0.124 e. The van der Waals surface area contributed by atoms with Crippen molar-refractivity contribution in [3.63, 3.8) is 0 Å². The van der Waals surface area contributed by atoms with E-state index in [1.807, 2.05) is 13.0 Å². The van der Waals surface area contributed by atoms with E-state index in [0.717, 1.165) is 25.3 Å². The molecule has 0 amide bonds. The van der Waals surface area contributed by atoms with E-state index in [-0.39, 0.29) is 0 Å². The Bertz CT molecular complexity index is 192. The van der Waals surface area contributed by atoms with Crippen LogP contribution in [0.25, 0.3) is 0 Å². The van der Waals surface area contributed by atoms with Crippen LogP contribution in [0.2, 0.25) is 0 Å². The molecule has 0 aromatic rings. The Balaban J connectivity index is 4.34. The third-order valence-corrected chi connectivity index (χ3v) is 1.77. The van der Waals surface area contributed by atoms with Gasteiger partial charge < -0.3 is 4.90 Å². The van der Waals surface area contributed by atoms with Crippen molar-refractivity contribution in [3.8, 4) is 0 Å². The van der Waals surface area contributed by atoms with Crippen molar-refractivity contribution < 1.29 is 0 Å². The molecule has 74 valence electrons. The van der Waals surface area contributed by atoms with Crippen LogP contribution >= 0.6 is 0 Å². The molecule has 0 atom stereocenters. The molecule has 0 rings (SSSR count). The lowest BCUT2D eigenvalue weighted by Crippen LogP contribution is -2.22. The first-order valence-corrected chi connectivity index (χ1v) is 4.86. The maximum absolute atomic E-state index is 4.29. The molecule has 0 heterocycles. The minimum Gasteiger partial charge on any atom is -0.357 e.